The molecule has 7 heteroatoms. The highest BCUT2D eigenvalue weighted by molar-refractivity contribution is 8.61. The van der Waals surface area contributed by atoms with E-state index in [2.05, 4.69) is 0 Å². The van der Waals surface area contributed by atoms with Crippen molar-refractivity contribution in [1.82, 2.24) is 0 Å². The molecule has 2 atom stereocenters. The van der Waals surface area contributed by atoms with Gasteiger partial charge in [0.2, 0.25) is 0 Å². The predicted octanol–water partition coefficient (Wildman–Crippen LogP) is 4.94. The lowest BCUT2D eigenvalue weighted by molar-refractivity contribution is 0.482. The Hall–Kier alpha value is 1.12. The number of rotatable bonds is 8. The highest BCUT2D eigenvalue weighted by atomic mass is 32.8. The van der Waals surface area contributed by atoms with Gasteiger partial charge in [-0.15, -0.1) is 0 Å². The van der Waals surface area contributed by atoms with Crippen LogP contribution < -0.4 is 0 Å². The maximum absolute atomic E-state index is 12.2. The molecule has 0 fully saturated rings. The Labute approximate surface area is 101 Å². The second-order valence-electron chi connectivity index (χ2n) is 2.77. The van der Waals surface area contributed by atoms with E-state index in [1.165, 1.54) is 22.8 Å². The molecule has 0 aromatic rings. The zero-order valence-electron chi connectivity index (χ0n) is 9.76. The molecule has 0 aliphatic heterocycles. The van der Waals surface area contributed by atoms with Gasteiger partial charge in [-0.25, -0.2) is 0 Å². The molecule has 0 radical (unpaired) electrons. The third-order valence-corrected chi connectivity index (χ3v) is 13.2. The van der Waals surface area contributed by atoms with Gasteiger partial charge >= 0.3 is 0 Å². The Morgan fingerprint density at radius 1 is 0.867 bits per heavy atom. The standard InChI is InChI=1S/C8H20O3P2S2/c1-5-12(9,14-7-3)11-13(10,6-2)15-8-4/h5-8H2,1-4H3. The van der Waals surface area contributed by atoms with Crippen molar-refractivity contribution in [2.75, 3.05) is 23.8 Å². The summed E-state index contributed by atoms with van der Waals surface area (Å²) in [5, 5.41) is 0. The Morgan fingerprint density at radius 3 is 1.40 bits per heavy atom. The molecule has 0 saturated heterocycles. The van der Waals surface area contributed by atoms with E-state index in [0.29, 0.717) is 12.3 Å². The summed E-state index contributed by atoms with van der Waals surface area (Å²) >= 11 is 2.59. The molecule has 15 heavy (non-hydrogen) atoms. The molecular weight excluding hydrogens is 270 g/mol. The summed E-state index contributed by atoms with van der Waals surface area (Å²) < 4.78 is 29.8. The molecule has 0 aliphatic carbocycles. The quantitative estimate of drug-likeness (QED) is 0.593. The molecule has 0 heterocycles. The zero-order valence-corrected chi connectivity index (χ0v) is 13.2. The monoisotopic (exact) mass is 290 g/mol. The molecular formula is C8H20O3P2S2. The summed E-state index contributed by atoms with van der Waals surface area (Å²) in [6.07, 6.45) is 0.888. The van der Waals surface area contributed by atoms with E-state index in [1.54, 1.807) is 0 Å². The Balaban J connectivity index is 4.63. The van der Waals surface area contributed by atoms with Gasteiger partial charge in [0, 0.05) is 12.3 Å². The minimum absolute atomic E-state index is 0.444. The minimum atomic E-state index is -2.74. The SMILES string of the molecule is CCSP(=O)(CC)OP(=O)(CC)SCC. The van der Waals surface area contributed by atoms with Crippen LogP contribution >= 0.6 is 35.9 Å². The van der Waals surface area contributed by atoms with Crippen LogP contribution in [0.15, 0.2) is 0 Å². The van der Waals surface area contributed by atoms with Crippen molar-refractivity contribution >= 4 is 35.9 Å². The van der Waals surface area contributed by atoms with Gasteiger partial charge < -0.3 is 0 Å². The van der Waals surface area contributed by atoms with Gasteiger partial charge in [-0.1, -0.05) is 50.5 Å². The molecule has 0 aromatic carbocycles. The summed E-state index contributed by atoms with van der Waals surface area (Å²) in [6.45, 7) is 2.03. The first-order chi connectivity index (χ1) is 6.95. The number of hydrogen-bond donors (Lipinski definition) is 0. The summed E-state index contributed by atoms with van der Waals surface area (Å²) in [4.78, 5) is 0. The molecule has 0 N–H and O–H groups in total. The topological polar surface area (TPSA) is 43.4 Å². The maximum Gasteiger partial charge on any atom is 0.263 e. The van der Waals surface area contributed by atoms with Crippen molar-refractivity contribution in [2.45, 2.75) is 27.7 Å². The van der Waals surface area contributed by atoms with E-state index in [4.69, 9.17) is 4.31 Å². The second-order valence-corrected chi connectivity index (χ2v) is 13.7. The Morgan fingerprint density at radius 2 is 1.20 bits per heavy atom. The van der Waals surface area contributed by atoms with Crippen LogP contribution in [-0.4, -0.2) is 23.8 Å². The van der Waals surface area contributed by atoms with Crippen molar-refractivity contribution in [3.63, 3.8) is 0 Å². The van der Waals surface area contributed by atoms with Gasteiger partial charge in [-0.3, -0.25) is 13.4 Å². The lowest BCUT2D eigenvalue weighted by Crippen LogP contribution is -1.91. The molecule has 0 aliphatic rings. The van der Waals surface area contributed by atoms with Gasteiger partial charge in [-0.2, -0.15) is 0 Å². The van der Waals surface area contributed by atoms with Crippen molar-refractivity contribution in [2.24, 2.45) is 0 Å². The molecule has 0 saturated carbocycles. The van der Waals surface area contributed by atoms with Crippen molar-refractivity contribution < 1.29 is 13.4 Å². The van der Waals surface area contributed by atoms with Crippen molar-refractivity contribution in [3.05, 3.63) is 0 Å². The fourth-order valence-corrected chi connectivity index (χ4v) is 11.5. The predicted molar refractivity (Wildman–Crippen MR) is 73.6 cm³/mol. The summed E-state index contributed by atoms with van der Waals surface area (Å²) in [6, 6.07) is 0. The molecule has 0 aromatic heterocycles. The van der Waals surface area contributed by atoms with E-state index in [1.807, 2.05) is 27.7 Å². The first kappa shape index (κ1) is 16.1. The van der Waals surface area contributed by atoms with Gasteiger partial charge in [0.25, 0.3) is 13.1 Å². The third kappa shape index (κ3) is 5.83. The fourth-order valence-electron chi connectivity index (χ4n) is 0.928. The van der Waals surface area contributed by atoms with Crippen LogP contribution in [-0.2, 0) is 13.4 Å². The summed E-state index contributed by atoms with van der Waals surface area (Å²) in [5.41, 5.74) is 0. The zero-order chi connectivity index (χ0) is 11.9. The summed E-state index contributed by atoms with van der Waals surface area (Å²) in [5.74, 6) is 1.46. The van der Waals surface area contributed by atoms with Crippen LogP contribution in [0.5, 0.6) is 0 Å². The molecule has 0 amide bonds. The van der Waals surface area contributed by atoms with Crippen LogP contribution in [0.1, 0.15) is 27.7 Å². The van der Waals surface area contributed by atoms with Gasteiger partial charge in [-0.05, 0) is 11.5 Å². The van der Waals surface area contributed by atoms with Crippen LogP contribution in [0.2, 0.25) is 0 Å². The summed E-state index contributed by atoms with van der Waals surface area (Å²) in [7, 11) is 0. The van der Waals surface area contributed by atoms with Crippen molar-refractivity contribution in [3.8, 4) is 0 Å². The molecule has 0 rings (SSSR count). The third-order valence-electron chi connectivity index (χ3n) is 1.67. The minimum Gasteiger partial charge on any atom is -0.280 e. The van der Waals surface area contributed by atoms with Crippen LogP contribution in [0.4, 0.5) is 0 Å². The largest absolute Gasteiger partial charge is 0.280 e. The van der Waals surface area contributed by atoms with Crippen LogP contribution in [0, 0.1) is 0 Å². The molecule has 2 unspecified atom stereocenters. The van der Waals surface area contributed by atoms with Gasteiger partial charge in [0.05, 0.1) is 0 Å². The molecule has 0 bridgehead atoms. The van der Waals surface area contributed by atoms with E-state index in [9.17, 15) is 9.13 Å². The highest BCUT2D eigenvalue weighted by Crippen LogP contribution is 2.74. The highest BCUT2D eigenvalue weighted by Gasteiger charge is 2.32. The van der Waals surface area contributed by atoms with E-state index < -0.39 is 13.1 Å². The first-order valence-electron chi connectivity index (χ1n) is 5.13. The Kier molecular flexibility index (Phi) is 8.00. The molecule has 3 nitrogen and oxygen atoms in total. The van der Waals surface area contributed by atoms with Crippen LogP contribution in [0.25, 0.3) is 0 Å². The lowest BCUT2D eigenvalue weighted by atomic mass is 11.0. The number of hydrogen-bond acceptors (Lipinski definition) is 5. The first-order valence-corrected chi connectivity index (χ1v) is 11.9. The normalized spacial score (nSPS) is 19.5. The molecule has 92 valence electrons. The van der Waals surface area contributed by atoms with Crippen LogP contribution in [0.3, 0.4) is 0 Å². The Bertz CT molecular complexity index is 245. The van der Waals surface area contributed by atoms with E-state index in [-0.39, 0.29) is 0 Å². The van der Waals surface area contributed by atoms with Gasteiger partial charge in [0.15, 0.2) is 0 Å². The van der Waals surface area contributed by atoms with E-state index in [0.717, 1.165) is 11.5 Å². The second kappa shape index (κ2) is 7.45. The van der Waals surface area contributed by atoms with Gasteiger partial charge in [0.1, 0.15) is 0 Å². The smallest absolute Gasteiger partial charge is 0.263 e. The average Bonchev–Trinajstić information content (AvgIpc) is 2.18. The molecule has 0 spiro atoms. The maximum atomic E-state index is 12.2. The lowest BCUT2D eigenvalue weighted by Gasteiger charge is -2.21. The van der Waals surface area contributed by atoms with Crippen molar-refractivity contribution in [1.29, 1.82) is 0 Å². The fraction of sp³-hybridized carbons (Fsp3) is 1.00. The average molecular weight is 290 g/mol. The van der Waals surface area contributed by atoms with E-state index >= 15 is 0 Å².